The van der Waals surface area contributed by atoms with Crippen molar-refractivity contribution in [3.05, 3.63) is 29.8 Å². The van der Waals surface area contributed by atoms with E-state index in [1.165, 1.54) is 12.1 Å². The molecular weight excluding hydrogens is 236 g/mol. The average Bonchev–Trinajstić information content (AvgIpc) is 2.64. The van der Waals surface area contributed by atoms with Gasteiger partial charge in [-0.25, -0.2) is 0 Å². The average molecular weight is 273 g/mol. The van der Waals surface area contributed by atoms with Crippen molar-refractivity contribution in [1.29, 1.82) is 0 Å². The van der Waals surface area contributed by atoms with Crippen molar-refractivity contribution in [3.8, 4) is 0 Å². The quantitative estimate of drug-likeness (QED) is 0.746. The van der Waals surface area contributed by atoms with Crippen LogP contribution in [0.5, 0.6) is 0 Å². The molecule has 106 valence electrons. The summed E-state index contributed by atoms with van der Waals surface area (Å²) >= 11 is 0. The first-order valence-electron chi connectivity index (χ1n) is 11.6. The van der Waals surface area contributed by atoms with Crippen LogP contribution in [-0.2, 0) is 0 Å². The second-order valence-corrected chi connectivity index (χ2v) is 4.18. The molecule has 3 heteroatoms. The SMILES string of the molecule is [2H]C1([2H])C([2H])([2H])C([2H])([2H])C([2H])(CNc2cccc(C(O)CCN)c2)C([2H])([2H])C1([2H])[2H]. The predicted molar refractivity (Wildman–Crippen MR) is 80.1 cm³/mol. The van der Waals surface area contributed by atoms with Crippen LogP contribution in [0, 0.1) is 5.89 Å². The molecule has 0 aromatic heterocycles. The highest BCUT2D eigenvalue weighted by Crippen LogP contribution is 2.25. The minimum Gasteiger partial charge on any atom is -0.388 e. The largest absolute Gasteiger partial charge is 0.388 e. The Labute approximate surface area is 131 Å². The fraction of sp³-hybridized carbons (Fsp3) is 0.625. The van der Waals surface area contributed by atoms with Crippen LogP contribution in [0.2, 0.25) is 0 Å². The number of anilines is 1. The van der Waals surface area contributed by atoms with Gasteiger partial charge in [0.2, 0.25) is 0 Å². The van der Waals surface area contributed by atoms with Crippen molar-refractivity contribution in [2.24, 2.45) is 11.6 Å². The van der Waals surface area contributed by atoms with Gasteiger partial charge in [-0.15, -0.1) is 0 Å². The van der Waals surface area contributed by atoms with Crippen LogP contribution in [0.1, 0.15) is 65.0 Å². The Morgan fingerprint density at radius 1 is 1.42 bits per heavy atom. The molecule has 0 aliphatic heterocycles. The van der Waals surface area contributed by atoms with Gasteiger partial charge in [0.05, 0.1) is 6.10 Å². The number of nitrogens with two attached hydrogens (primary N) is 1. The van der Waals surface area contributed by atoms with E-state index < -0.39 is 50.4 Å². The van der Waals surface area contributed by atoms with Crippen LogP contribution in [-0.4, -0.2) is 18.2 Å². The van der Waals surface area contributed by atoms with E-state index in [0.717, 1.165) is 0 Å². The first-order chi connectivity index (χ1) is 13.4. The van der Waals surface area contributed by atoms with Gasteiger partial charge >= 0.3 is 0 Å². The first-order valence-corrected chi connectivity index (χ1v) is 6.14. The second-order valence-electron chi connectivity index (χ2n) is 4.18. The predicted octanol–water partition coefficient (Wildman–Crippen LogP) is 3.06. The maximum atomic E-state index is 10.1. The Bertz CT molecular complexity index is 754. The van der Waals surface area contributed by atoms with E-state index in [1.54, 1.807) is 12.1 Å². The third kappa shape index (κ3) is 4.51. The molecule has 1 aromatic rings. The minimum atomic E-state index is -3.54. The summed E-state index contributed by atoms with van der Waals surface area (Å²) in [5.41, 5.74) is 6.17. The van der Waals surface area contributed by atoms with Crippen molar-refractivity contribution < 1.29 is 20.2 Å². The highest BCUT2D eigenvalue weighted by Gasteiger charge is 2.13. The van der Waals surface area contributed by atoms with Gasteiger partial charge in [0.1, 0.15) is 0 Å². The summed E-state index contributed by atoms with van der Waals surface area (Å²) in [5.74, 6) is -3.04. The molecule has 0 radical (unpaired) electrons. The summed E-state index contributed by atoms with van der Waals surface area (Å²) in [6, 6.07) is 6.18. The van der Waals surface area contributed by atoms with Crippen LogP contribution in [0.15, 0.2) is 24.3 Å². The van der Waals surface area contributed by atoms with Crippen molar-refractivity contribution >= 4 is 5.69 Å². The van der Waals surface area contributed by atoms with Gasteiger partial charge in [-0.05, 0) is 49.3 Å². The Hall–Kier alpha value is -1.06. The van der Waals surface area contributed by atoms with E-state index >= 15 is 0 Å². The molecule has 0 spiro atoms. The van der Waals surface area contributed by atoms with Gasteiger partial charge < -0.3 is 16.2 Å². The minimum absolute atomic E-state index is 0.237. The molecule has 1 aliphatic rings. The molecule has 2 rings (SSSR count). The van der Waals surface area contributed by atoms with Crippen LogP contribution >= 0.6 is 0 Å². The maximum absolute atomic E-state index is 10.1. The van der Waals surface area contributed by atoms with E-state index in [4.69, 9.17) is 20.8 Å². The van der Waals surface area contributed by atoms with Gasteiger partial charge in [-0.1, -0.05) is 31.3 Å². The zero-order valence-corrected chi connectivity index (χ0v) is 10.5. The fourth-order valence-electron chi connectivity index (χ4n) is 1.74. The standard InChI is InChI=1S/C16H26N2O/c17-10-9-16(19)14-7-4-8-15(11-14)18-12-13-5-2-1-3-6-13/h4,7-8,11,13,16,18-19H,1-3,5-6,9-10,12,17H2/i1D2,2D2,3D2,5D2,6D2,13D. The number of aliphatic hydroxyl groups excluding tert-OH is 1. The molecule has 0 bridgehead atoms. The lowest BCUT2D eigenvalue weighted by Crippen LogP contribution is -2.17. The molecular formula is C16H26N2O. The van der Waals surface area contributed by atoms with Gasteiger partial charge in [-0.2, -0.15) is 0 Å². The Kier molecular flexibility index (Phi) is 2.27. The highest BCUT2D eigenvalue weighted by atomic mass is 16.3. The number of hydrogen-bond acceptors (Lipinski definition) is 3. The van der Waals surface area contributed by atoms with E-state index in [2.05, 4.69) is 5.32 Å². The summed E-state index contributed by atoms with van der Waals surface area (Å²) in [6.07, 6.45) is -17.9. The van der Waals surface area contributed by atoms with Crippen LogP contribution in [0.4, 0.5) is 5.69 Å². The summed E-state index contributed by atoms with van der Waals surface area (Å²) in [6.45, 7) is -0.611. The summed E-state index contributed by atoms with van der Waals surface area (Å²) in [4.78, 5) is 0. The van der Waals surface area contributed by atoms with Crippen molar-refractivity contribution in [3.63, 3.8) is 0 Å². The summed E-state index contributed by atoms with van der Waals surface area (Å²) < 4.78 is 88.7. The fourth-order valence-corrected chi connectivity index (χ4v) is 1.74. The molecule has 1 atom stereocenters. The van der Waals surface area contributed by atoms with Crippen LogP contribution in [0.3, 0.4) is 0 Å². The molecule has 1 saturated carbocycles. The van der Waals surface area contributed by atoms with Gasteiger partial charge in [0.25, 0.3) is 0 Å². The molecule has 4 N–H and O–H groups in total. The monoisotopic (exact) mass is 273 g/mol. The van der Waals surface area contributed by atoms with Crippen molar-refractivity contribution in [2.45, 2.75) is 44.4 Å². The van der Waals surface area contributed by atoms with E-state index in [9.17, 15) is 5.11 Å². The molecule has 0 saturated heterocycles. The smallest absolute Gasteiger partial charge is 0.0802 e. The van der Waals surface area contributed by atoms with E-state index in [0.29, 0.717) is 5.56 Å². The Morgan fingerprint density at radius 2 is 2.21 bits per heavy atom. The first kappa shape index (κ1) is 5.74. The third-order valence-electron chi connectivity index (χ3n) is 2.73. The topological polar surface area (TPSA) is 58.3 Å². The van der Waals surface area contributed by atoms with Gasteiger partial charge in [0, 0.05) is 27.3 Å². The van der Waals surface area contributed by atoms with Gasteiger partial charge in [-0.3, -0.25) is 0 Å². The molecule has 19 heavy (non-hydrogen) atoms. The lowest BCUT2D eigenvalue weighted by atomic mass is 9.89. The van der Waals surface area contributed by atoms with Crippen LogP contribution < -0.4 is 11.1 Å². The third-order valence-corrected chi connectivity index (χ3v) is 2.73. The number of aliphatic hydroxyl groups is 1. The molecule has 1 fully saturated rings. The summed E-state index contributed by atoms with van der Waals surface area (Å²) in [5, 5.41) is 12.7. The normalized spacial score (nSPS) is 41.7. The van der Waals surface area contributed by atoms with Crippen LogP contribution in [0.25, 0.3) is 0 Å². The molecule has 3 nitrogen and oxygen atoms in total. The Morgan fingerprint density at radius 3 is 2.95 bits per heavy atom. The molecule has 1 unspecified atom stereocenters. The number of benzene rings is 1. The lowest BCUT2D eigenvalue weighted by molar-refractivity contribution is 0.170. The number of rotatable bonds is 6. The summed E-state index contributed by atoms with van der Waals surface area (Å²) in [7, 11) is 0. The van der Waals surface area contributed by atoms with Crippen molar-refractivity contribution in [2.75, 3.05) is 18.4 Å². The van der Waals surface area contributed by atoms with Gasteiger partial charge in [0.15, 0.2) is 0 Å². The highest BCUT2D eigenvalue weighted by molar-refractivity contribution is 5.46. The molecule has 1 aliphatic carbocycles. The van der Waals surface area contributed by atoms with E-state index in [1.807, 2.05) is 0 Å². The second kappa shape index (κ2) is 7.51. The lowest BCUT2D eigenvalue weighted by Gasteiger charge is -2.22. The zero-order chi connectivity index (χ0) is 23.4. The molecule has 1 aromatic carbocycles. The number of hydrogen-bond donors (Lipinski definition) is 3. The zero-order valence-electron chi connectivity index (χ0n) is 21.5. The van der Waals surface area contributed by atoms with E-state index in [-0.39, 0.29) is 18.7 Å². The Balaban J connectivity index is 2.46. The number of nitrogens with one attached hydrogen (secondary N) is 1. The molecule has 0 amide bonds. The van der Waals surface area contributed by atoms with Crippen molar-refractivity contribution in [1.82, 2.24) is 0 Å². The maximum Gasteiger partial charge on any atom is 0.0802 e. The molecule has 0 heterocycles.